The molecule has 8 nitrogen and oxygen atoms in total. The predicted molar refractivity (Wildman–Crippen MR) is 117 cm³/mol. The Morgan fingerprint density at radius 1 is 1.18 bits per heavy atom. The number of methoxy groups -OCH3 is 1. The van der Waals surface area contributed by atoms with Gasteiger partial charge in [0.1, 0.15) is 11.6 Å². The summed E-state index contributed by atoms with van der Waals surface area (Å²) in [5.41, 5.74) is 0.416. The van der Waals surface area contributed by atoms with Crippen LogP contribution in [0.15, 0.2) is 47.0 Å². The third kappa shape index (κ3) is 3.46. The average Bonchev–Trinajstić information content (AvgIpc) is 3.46. The zero-order valence-electron chi connectivity index (χ0n) is 18.5. The Balaban J connectivity index is 1.63. The molecular weight excluding hydrogens is 446 g/mol. The van der Waals surface area contributed by atoms with Gasteiger partial charge in [-0.05, 0) is 36.2 Å². The number of fused-ring (bicyclic) bond motifs is 1. The molecule has 0 spiro atoms. The van der Waals surface area contributed by atoms with Gasteiger partial charge >= 0.3 is 0 Å². The van der Waals surface area contributed by atoms with Gasteiger partial charge in [-0.2, -0.15) is 0 Å². The van der Waals surface area contributed by atoms with Gasteiger partial charge in [-0.25, -0.2) is 13.8 Å². The molecule has 0 saturated carbocycles. The summed E-state index contributed by atoms with van der Waals surface area (Å²) in [5.74, 6) is 0.361. The van der Waals surface area contributed by atoms with Crippen molar-refractivity contribution in [3.63, 3.8) is 0 Å². The Morgan fingerprint density at radius 3 is 2.68 bits per heavy atom. The van der Waals surface area contributed by atoms with Crippen molar-refractivity contribution in [1.29, 1.82) is 0 Å². The first-order valence-corrected chi connectivity index (χ1v) is 10.7. The summed E-state index contributed by atoms with van der Waals surface area (Å²) in [5, 5.41) is 29.7. The summed E-state index contributed by atoms with van der Waals surface area (Å²) in [7, 11) is 1.54. The lowest BCUT2D eigenvalue weighted by Gasteiger charge is -2.38. The van der Waals surface area contributed by atoms with Crippen LogP contribution in [0.4, 0.5) is 8.78 Å². The fourth-order valence-electron chi connectivity index (χ4n) is 4.60. The lowest BCUT2D eigenvalue weighted by atomic mass is 9.74. The van der Waals surface area contributed by atoms with Crippen LogP contribution < -0.4 is 4.74 Å². The highest BCUT2D eigenvalue weighted by Crippen LogP contribution is 2.42. The van der Waals surface area contributed by atoms with Crippen molar-refractivity contribution < 1.29 is 28.1 Å². The number of hydrogen-bond acceptors (Lipinski definition) is 7. The number of halogens is 2. The van der Waals surface area contributed by atoms with E-state index in [1.807, 2.05) is 12.1 Å². The maximum absolute atomic E-state index is 14.1. The van der Waals surface area contributed by atoms with Crippen LogP contribution in [-0.2, 0) is 12.0 Å². The third-order valence-electron chi connectivity index (χ3n) is 6.24. The number of aliphatic hydroxyl groups excluding tert-OH is 2. The van der Waals surface area contributed by atoms with E-state index in [0.29, 0.717) is 45.7 Å². The molecule has 10 heteroatoms. The second kappa shape index (κ2) is 8.30. The van der Waals surface area contributed by atoms with Crippen molar-refractivity contribution in [1.82, 2.24) is 19.7 Å². The third-order valence-corrected chi connectivity index (χ3v) is 6.24. The van der Waals surface area contributed by atoms with E-state index in [9.17, 15) is 19.0 Å². The lowest BCUT2D eigenvalue weighted by Crippen LogP contribution is -2.44. The Kier molecular flexibility index (Phi) is 5.41. The van der Waals surface area contributed by atoms with Gasteiger partial charge in [0.25, 0.3) is 0 Å². The Morgan fingerprint density at radius 2 is 2.00 bits per heavy atom. The average molecular weight is 468 g/mol. The van der Waals surface area contributed by atoms with Crippen LogP contribution in [0.1, 0.15) is 23.7 Å². The van der Waals surface area contributed by atoms with E-state index in [2.05, 4.69) is 15.2 Å². The second-order valence-electron chi connectivity index (χ2n) is 8.34. The molecule has 2 aromatic carbocycles. The maximum atomic E-state index is 14.1. The molecule has 3 heterocycles. The number of rotatable bonds is 5. The van der Waals surface area contributed by atoms with Crippen LogP contribution in [0.5, 0.6) is 5.75 Å². The van der Waals surface area contributed by atoms with Crippen molar-refractivity contribution in [2.75, 3.05) is 13.7 Å². The number of hydrogen-bond donors (Lipinski definition) is 2. The number of aryl methyl sites for hydroxylation is 1. The fourth-order valence-corrected chi connectivity index (χ4v) is 4.60. The maximum Gasteiger partial charge on any atom is 0.191 e. The zero-order chi connectivity index (χ0) is 24.0. The predicted octanol–water partition coefficient (Wildman–Crippen LogP) is 3.24. The van der Waals surface area contributed by atoms with Crippen LogP contribution in [0, 0.1) is 18.6 Å². The summed E-state index contributed by atoms with van der Waals surface area (Å²) in [6.45, 7) is 1.45. The standard InChI is InChI=1S/C24H22F2N4O4/c1-13-27-10-21(34-13)17-5-3-14(7-20(17)33-2)22-28-29-23-24(12-31,9-16(32)11-30(22)23)15-4-6-18(25)19(26)8-15/h3-8,10,16,31-32H,9,11-12H2,1-2H3. The van der Waals surface area contributed by atoms with E-state index in [0.717, 1.165) is 12.1 Å². The van der Waals surface area contributed by atoms with E-state index >= 15 is 0 Å². The SMILES string of the molecule is COc1cc(-c2nnc3n2CC(O)CC3(CO)c2ccc(F)c(F)c2)ccc1-c1cnc(C)o1. The van der Waals surface area contributed by atoms with Crippen LogP contribution in [-0.4, -0.2) is 49.8 Å². The van der Waals surface area contributed by atoms with Gasteiger partial charge in [0.05, 0.1) is 43.5 Å². The first kappa shape index (κ1) is 22.2. The summed E-state index contributed by atoms with van der Waals surface area (Å²) in [6, 6.07) is 8.81. The summed E-state index contributed by atoms with van der Waals surface area (Å²) < 4.78 is 40.5. The van der Waals surface area contributed by atoms with Crippen molar-refractivity contribution in [2.24, 2.45) is 0 Å². The molecule has 2 unspecified atom stereocenters. The van der Waals surface area contributed by atoms with Crippen LogP contribution in [0.25, 0.3) is 22.7 Å². The van der Waals surface area contributed by atoms with Gasteiger partial charge in [0.2, 0.25) is 0 Å². The normalized spacial score (nSPS) is 19.8. The van der Waals surface area contributed by atoms with Crippen molar-refractivity contribution in [3.8, 4) is 28.5 Å². The minimum Gasteiger partial charge on any atom is -0.496 e. The summed E-state index contributed by atoms with van der Waals surface area (Å²) >= 11 is 0. The lowest BCUT2D eigenvalue weighted by molar-refractivity contribution is 0.0721. The molecule has 2 atom stereocenters. The highest BCUT2D eigenvalue weighted by Gasteiger charge is 2.45. The molecule has 0 saturated heterocycles. The Labute approximate surface area is 193 Å². The molecule has 34 heavy (non-hydrogen) atoms. The molecule has 0 radical (unpaired) electrons. The number of nitrogens with zero attached hydrogens (tertiary/aromatic N) is 4. The first-order chi connectivity index (χ1) is 16.4. The topological polar surface area (TPSA) is 106 Å². The van der Waals surface area contributed by atoms with Gasteiger partial charge in [-0.1, -0.05) is 12.1 Å². The van der Waals surface area contributed by atoms with E-state index in [1.165, 1.54) is 13.2 Å². The second-order valence-corrected chi connectivity index (χ2v) is 8.34. The van der Waals surface area contributed by atoms with Crippen molar-refractivity contribution >= 4 is 0 Å². The molecule has 2 aromatic heterocycles. The highest BCUT2D eigenvalue weighted by molar-refractivity contribution is 5.71. The molecule has 0 aliphatic carbocycles. The Hall–Kier alpha value is -3.63. The first-order valence-electron chi connectivity index (χ1n) is 10.7. The molecule has 4 aromatic rings. The molecule has 176 valence electrons. The highest BCUT2D eigenvalue weighted by atomic mass is 19.2. The minimum atomic E-state index is -1.25. The molecule has 5 rings (SSSR count). The van der Waals surface area contributed by atoms with E-state index in [-0.39, 0.29) is 13.0 Å². The molecule has 1 aliphatic rings. The van der Waals surface area contributed by atoms with Crippen LogP contribution in [0.3, 0.4) is 0 Å². The van der Waals surface area contributed by atoms with E-state index in [4.69, 9.17) is 9.15 Å². The summed E-state index contributed by atoms with van der Waals surface area (Å²) in [4.78, 5) is 4.12. The minimum absolute atomic E-state index is 0.0831. The molecule has 0 bridgehead atoms. The van der Waals surface area contributed by atoms with Crippen LogP contribution in [0.2, 0.25) is 0 Å². The smallest absolute Gasteiger partial charge is 0.191 e. The number of benzene rings is 2. The van der Waals surface area contributed by atoms with E-state index in [1.54, 1.807) is 23.8 Å². The number of aliphatic hydroxyl groups is 2. The molecule has 0 fully saturated rings. The number of ether oxygens (including phenoxy) is 1. The van der Waals surface area contributed by atoms with Crippen molar-refractivity contribution in [3.05, 3.63) is 71.5 Å². The monoisotopic (exact) mass is 468 g/mol. The molecular formula is C24H22F2N4O4. The van der Waals surface area contributed by atoms with Gasteiger partial charge < -0.3 is 23.9 Å². The van der Waals surface area contributed by atoms with Gasteiger partial charge in [-0.15, -0.1) is 10.2 Å². The molecule has 1 aliphatic heterocycles. The largest absolute Gasteiger partial charge is 0.496 e. The molecule has 2 N–H and O–H groups in total. The zero-order valence-corrected chi connectivity index (χ0v) is 18.5. The van der Waals surface area contributed by atoms with Gasteiger partial charge in [-0.3, -0.25) is 0 Å². The quantitative estimate of drug-likeness (QED) is 0.463. The summed E-state index contributed by atoms with van der Waals surface area (Å²) in [6.07, 6.45) is 0.820. The Bertz CT molecular complexity index is 1370. The van der Waals surface area contributed by atoms with Crippen LogP contribution >= 0.6 is 0 Å². The van der Waals surface area contributed by atoms with E-state index < -0.39 is 29.8 Å². The van der Waals surface area contributed by atoms with Gasteiger partial charge in [0.15, 0.2) is 29.1 Å². The van der Waals surface area contributed by atoms with Gasteiger partial charge in [0, 0.05) is 12.5 Å². The number of aromatic nitrogens is 4. The fraction of sp³-hybridized carbons (Fsp3) is 0.292. The number of oxazole rings is 1. The molecule has 0 amide bonds. The van der Waals surface area contributed by atoms with Crippen molar-refractivity contribution in [2.45, 2.75) is 31.4 Å².